The predicted molar refractivity (Wildman–Crippen MR) is 55.2 cm³/mol. The quantitative estimate of drug-likeness (QED) is 0.529. The molecule has 0 radical (unpaired) electrons. The minimum atomic E-state index is -3.82. The summed E-state index contributed by atoms with van der Waals surface area (Å²) in [7, 11) is -3.82. The normalized spacial score (nSPS) is 13.5. The summed E-state index contributed by atoms with van der Waals surface area (Å²) in [5.41, 5.74) is 0. The van der Waals surface area contributed by atoms with Crippen molar-refractivity contribution < 1.29 is 18.3 Å². The zero-order chi connectivity index (χ0) is 12.1. The second kappa shape index (κ2) is 5.70. The SMILES string of the molecule is C#CCC(NS(=O)(=O)NC(C)C)C(=O)O. The molecule has 0 heterocycles. The number of aliphatic carboxylic acids is 1. The maximum Gasteiger partial charge on any atom is 0.322 e. The first-order valence-electron chi connectivity index (χ1n) is 4.24. The fourth-order valence-corrected chi connectivity index (χ4v) is 2.08. The second-order valence-electron chi connectivity index (χ2n) is 3.19. The van der Waals surface area contributed by atoms with E-state index in [1.54, 1.807) is 13.8 Å². The number of carboxylic acid groups (broad SMARTS) is 1. The van der Waals surface area contributed by atoms with Gasteiger partial charge in [-0.1, -0.05) is 0 Å². The fourth-order valence-electron chi connectivity index (χ4n) is 0.829. The van der Waals surface area contributed by atoms with Crippen LogP contribution in [-0.4, -0.2) is 31.6 Å². The summed E-state index contributed by atoms with van der Waals surface area (Å²) in [4.78, 5) is 10.6. The van der Waals surface area contributed by atoms with Gasteiger partial charge < -0.3 is 5.11 Å². The summed E-state index contributed by atoms with van der Waals surface area (Å²) in [5, 5.41) is 8.65. The number of nitrogens with one attached hydrogen (secondary N) is 2. The molecule has 0 fully saturated rings. The predicted octanol–water partition coefficient (Wildman–Crippen LogP) is -0.705. The van der Waals surface area contributed by atoms with Crippen LogP contribution in [0.1, 0.15) is 20.3 Å². The van der Waals surface area contributed by atoms with Gasteiger partial charge in [-0.25, -0.2) is 0 Å². The first-order chi connectivity index (χ1) is 6.78. The van der Waals surface area contributed by atoms with Crippen LogP contribution in [-0.2, 0) is 15.0 Å². The van der Waals surface area contributed by atoms with Crippen LogP contribution in [0.15, 0.2) is 0 Å². The standard InChI is InChI=1S/C8H14N2O4S/c1-4-5-7(8(11)12)10-15(13,14)9-6(2)3/h1,6-7,9-10H,5H2,2-3H3,(H,11,12). The van der Waals surface area contributed by atoms with Crippen molar-refractivity contribution in [2.75, 3.05) is 0 Å². The molecule has 0 saturated carbocycles. The largest absolute Gasteiger partial charge is 0.480 e. The molecule has 0 saturated heterocycles. The molecule has 86 valence electrons. The van der Waals surface area contributed by atoms with Crippen LogP contribution in [0.2, 0.25) is 0 Å². The third-order valence-electron chi connectivity index (χ3n) is 1.31. The van der Waals surface area contributed by atoms with Crippen LogP contribution in [0.3, 0.4) is 0 Å². The van der Waals surface area contributed by atoms with Gasteiger partial charge in [0.05, 0.1) is 0 Å². The van der Waals surface area contributed by atoms with Gasteiger partial charge >= 0.3 is 5.97 Å². The van der Waals surface area contributed by atoms with Gasteiger partial charge in [0.25, 0.3) is 10.2 Å². The molecular weight excluding hydrogens is 220 g/mol. The highest BCUT2D eigenvalue weighted by atomic mass is 32.2. The number of carbonyl (C=O) groups is 1. The van der Waals surface area contributed by atoms with Crippen LogP contribution in [0, 0.1) is 12.3 Å². The second-order valence-corrected chi connectivity index (χ2v) is 4.67. The Kier molecular flexibility index (Phi) is 5.28. The summed E-state index contributed by atoms with van der Waals surface area (Å²) >= 11 is 0. The van der Waals surface area contributed by atoms with Crippen LogP contribution in [0.4, 0.5) is 0 Å². The molecular formula is C8H14N2O4S. The maximum atomic E-state index is 11.3. The summed E-state index contributed by atoms with van der Waals surface area (Å²) in [5.74, 6) is 0.786. The Balaban J connectivity index is 4.54. The monoisotopic (exact) mass is 234 g/mol. The van der Waals surface area contributed by atoms with E-state index in [-0.39, 0.29) is 12.5 Å². The Hall–Kier alpha value is -1.10. The summed E-state index contributed by atoms with van der Waals surface area (Å²) in [6.45, 7) is 3.24. The Morgan fingerprint density at radius 3 is 2.33 bits per heavy atom. The van der Waals surface area contributed by atoms with Crippen LogP contribution < -0.4 is 9.44 Å². The van der Waals surface area contributed by atoms with E-state index in [2.05, 4.69) is 10.6 Å². The lowest BCUT2D eigenvalue weighted by Gasteiger charge is -2.14. The van der Waals surface area contributed by atoms with Crippen molar-refractivity contribution in [2.24, 2.45) is 0 Å². The van der Waals surface area contributed by atoms with Gasteiger partial charge in [-0.2, -0.15) is 17.9 Å². The van der Waals surface area contributed by atoms with Gasteiger partial charge in [0.2, 0.25) is 0 Å². The van der Waals surface area contributed by atoms with Crippen molar-refractivity contribution in [1.29, 1.82) is 0 Å². The van der Waals surface area contributed by atoms with Crippen LogP contribution in [0.5, 0.6) is 0 Å². The molecule has 0 bridgehead atoms. The van der Waals surface area contributed by atoms with Gasteiger partial charge in [0.1, 0.15) is 6.04 Å². The van der Waals surface area contributed by atoms with E-state index in [9.17, 15) is 13.2 Å². The van der Waals surface area contributed by atoms with E-state index in [1.807, 2.05) is 4.72 Å². The van der Waals surface area contributed by atoms with Gasteiger partial charge in [-0.3, -0.25) is 4.79 Å². The molecule has 0 aliphatic rings. The number of hydrogen-bond acceptors (Lipinski definition) is 3. The zero-order valence-electron chi connectivity index (χ0n) is 8.52. The van der Waals surface area contributed by atoms with Gasteiger partial charge in [-0.15, -0.1) is 12.3 Å². The van der Waals surface area contributed by atoms with Crippen molar-refractivity contribution in [2.45, 2.75) is 32.4 Å². The first-order valence-corrected chi connectivity index (χ1v) is 5.72. The molecule has 7 heteroatoms. The van der Waals surface area contributed by atoms with Gasteiger partial charge in [-0.05, 0) is 13.8 Å². The van der Waals surface area contributed by atoms with E-state index in [0.29, 0.717) is 0 Å². The Morgan fingerprint density at radius 2 is 2.00 bits per heavy atom. The molecule has 0 aliphatic heterocycles. The number of carboxylic acids is 1. The summed E-state index contributed by atoms with van der Waals surface area (Å²) in [6.07, 6.45) is 4.72. The minimum absolute atomic E-state index is 0.200. The number of terminal acetylenes is 1. The molecule has 15 heavy (non-hydrogen) atoms. The lowest BCUT2D eigenvalue weighted by Crippen LogP contribution is -2.48. The van der Waals surface area contributed by atoms with E-state index in [1.165, 1.54) is 0 Å². The average molecular weight is 234 g/mol. The Morgan fingerprint density at radius 1 is 1.47 bits per heavy atom. The molecule has 0 aliphatic carbocycles. The smallest absolute Gasteiger partial charge is 0.322 e. The average Bonchev–Trinajstić information content (AvgIpc) is 2.00. The van der Waals surface area contributed by atoms with E-state index < -0.39 is 22.2 Å². The summed E-state index contributed by atoms with van der Waals surface area (Å²) in [6, 6.07) is -1.62. The van der Waals surface area contributed by atoms with Crippen LogP contribution in [0.25, 0.3) is 0 Å². The topological polar surface area (TPSA) is 95.5 Å². The molecule has 0 aromatic rings. The van der Waals surface area contributed by atoms with Crippen molar-refractivity contribution in [3.63, 3.8) is 0 Å². The molecule has 0 spiro atoms. The Bertz CT molecular complexity index is 355. The van der Waals surface area contributed by atoms with Gasteiger partial charge in [0.15, 0.2) is 0 Å². The lowest BCUT2D eigenvalue weighted by molar-refractivity contribution is -0.138. The van der Waals surface area contributed by atoms with Crippen LogP contribution >= 0.6 is 0 Å². The van der Waals surface area contributed by atoms with Crippen molar-refractivity contribution >= 4 is 16.2 Å². The van der Waals surface area contributed by atoms with E-state index in [4.69, 9.17) is 11.5 Å². The number of hydrogen-bond donors (Lipinski definition) is 3. The van der Waals surface area contributed by atoms with Crippen molar-refractivity contribution in [3.8, 4) is 12.3 Å². The molecule has 1 atom stereocenters. The lowest BCUT2D eigenvalue weighted by atomic mass is 10.2. The Labute approximate surface area is 89.2 Å². The molecule has 0 amide bonds. The third kappa shape index (κ3) is 6.06. The minimum Gasteiger partial charge on any atom is -0.480 e. The van der Waals surface area contributed by atoms with E-state index in [0.717, 1.165) is 0 Å². The molecule has 0 aromatic heterocycles. The first kappa shape index (κ1) is 13.9. The van der Waals surface area contributed by atoms with E-state index >= 15 is 0 Å². The molecule has 3 N–H and O–H groups in total. The highest BCUT2D eigenvalue weighted by Gasteiger charge is 2.23. The van der Waals surface area contributed by atoms with Crippen molar-refractivity contribution in [3.05, 3.63) is 0 Å². The summed E-state index contributed by atoms with van der Waals surface area (Å²) < 4.78 is 26.7. The zero-order valence-corrected chi connectivity index (χ0v) is 9.34. The molecule has 0 aromatic carbocycles. The van der Waals surface area contributed by atoms with Crippen molar-refractivity contribution in [1.82, 2.24) is 9.44 Å². The van der Waals surface area contributed by atoms with Gasteiger partial charge in [0, 0.05) is 12.5 Å². The molecule has 1 unspecified atom stereocenters. The maximum absolute atomic E-state index is 11.3. The fraction of sp³-hybridized carbons (Fsp3) is 0.625. The highest BCUT2D eigenvalue weighted by molar-refractivity contribution is 7.87. The molecule has 6 nitrogen and oxygen atoms in total. The molecule has 0 rings (SSSR count). The number of rotatable bonds is 6. The third-order valence-corrected chi connectivity index (χ3v) is 2.68. The highest BCUT2D eigenvalue weighted by Crippen LogP contribution is 1.94.